The van der Waals surface area contributed by atoms with Gasteiger partial charge >= 0.3 is 5.97 Å². The average Bonchev–Trinajstić information content (AvgIpc) is 2.99. The van der Waals surface area contributed by atoms with Crippen molar-refractivity contribution < 1.29 is 19.1 Å². The van der Waals surface area contributed by atoms with Crippen LogP contribution in [0.2, 0.25) is 0 Å². The first-order valence-corrected chi connectivity index (χ1v) is 8.04. The van der Waals surface area contributed by atoms with Crippen LogP contribution in [0.1, 0.15) is 42.7 Å². The Hall–Kier alpha value is -2.70. The van der Waals surface area contributed by atoms with Crippen molar-refractivity contribution in [1.82, 2.24) is 14.7 Å². The zero-order valence-corrected chi connectivity index (χ0v) is 14.7. The van der Waals surface area contributed by atoms with E-state index in [-0.39, 0.29) is 24.2 Å². The number of carbonyl (C=O) groups excluding carboxylic acids is 1. The fourth-order valence-electron chi connectivity index (χ4n) is 2.64. The van der Waals surface area contributed by atoms with Gasteiger partial charge in [-0.3, -0.25) is 9.59 Å². The maximum absolute atomic E-state index is 13.1. The Morgan fingerprint density at radius 3 is 2.36 bits per heavy atom. The smallest absolute Gasteiger partial charge is 0.308 e. The van der Waals surface area contributed by atoms with Gasteiger partial charge in [-0.25, -0.2) is 9.07 Å². The van der Waals surface area contributed by atoms with E-state index in [4.69, 9.17) is 5.11 Å². The summed E-state index contributed by atoms with van der Waals surface area (Å²) in [5.41, 5.74) is 1.77. The van der Waals surface area contributed by atoms with Crippen LogP contribution in [-0.2, 0) is 4.79 Å². The molecule has 0 aliphatic heterocycles. The Bertz CT molecular complexity index is 768. The summed E-state index contributed by atoms with van der Waals surface area (Å²) in [4.78, 5) is 25.1. The number of halogens is 1. The molecule has 0 aliphatic carbocycles. The number of aromatic nitrogens is 2. The minimum Gasteiger partial charge on any atom is -0.481 e. The first kappa shape index (κ1) is 18.6. The number of carboxylic acid groups (broad SMARTS) is 1. The van der Waals surface area contributed by atoms with E-state index in [1.807, 2.05) is 13.8 Å². The van der Waals surface area contributed by atoms with E-state index in [9.17, 15) is 14.0 Å². The highest BCUT2D eigenvalue weighted by molar-refractivity contribution is 5.95. The second-order valence-electron chi connectivity index (χ2n) is 6.41. The second kappa shape index (κ2) is 7.46. The summed E-state index contributed by atoms with van der Waals surface area (Å²) in [6, 6.07) is 5.87. The van der Waals surface area contributed by atoms with Gasteiger partial charge in [0.25, 0.3) is 5.91 Å². The Balaban J connectivity index is 2.37. The van der Waals surface area contributed by atoms with Crippen molar-refractivity contribution in [2.24, 2.45) is 5.92 Å². The van der Waals surface area contributed by atoms with Gasteiger partial charge in [0.1, 0.15) is 5.82 Å². The molecule has 1 aromatic heterocycles. The van der Waals surface area contributed by atoms with Gasteiger partial charge in [-0.1, -0.05) is 20.8 Å². The van der Waals surface area contributed by atoms with E-state index in [0.29, 0.717) is 16.9 Å². The third-order valence-corrected chi connectivity index (χ3v) is 3.97. The predicted octanol–water partition coefficient (Wildman–Crippen LogP) is 2.93. The number of nitrogens with zero attached hydrogens (tertiary/aromatic N) is 3. The lowest BCUT2D eigenvalue weighted by Gasteiger charge is -2.20. The standard InChI is InChI=1S/C18H22FN3O3/c1-11(2)16-15(17(23)21(4)10-12(3)18(24)25)9-20-22(16)14-7-5-13(19)6-8-14/h5-9,11-12H,10H2,1-4H3,(H,24,25). The quantitative estimate of drug-likeness (QED) is 0.872. The van der Waals surface area contributed by atoms with E-state index >= 15 is 0 Å². The summed E-state index contributed by atoms with van der Waals surface area (Å²) in [5.74, 6) is -2.25. The number of benzene rings is 1. The summed E-state index contributed by atoms with van der Waals surface area (Å²) < 4.78 is 14.8. The van der Waals surface area contributed by atoms with Gasteiger partial charge < -0.3 is 10.0 Å². The number of aliphatic carboxylic acids is 1. The number of hydrogen-bond donors (Lipinski definition) is 1. The Morgan fingerprint density at radius 2 is 1.84 bits per heavy atom. The molecule has 1 heterocycles. The molecule has 1 aromatic carbocycles. The van der Waals surface area contributed by atoms with Gasteiger partial charge in [0.05, 0.1) is 29.1 Å². The molecule has 25 heavy (non-hydrogen) atoms. The van der Waals surface area contributed by atoms with Crippen molar-refractivity contribution in [3.63, 3.8) is 0 Å². The molecule has 0 radical (unpaired) electrons. The number of amides is 1. The van der Waals surface area contributed by atoms with Crippen LogP contribution in [0.15, 0.2) is 30.5 Å². The summed E-state index contributed by atoms with van der Waals surface area (Å²) in [6.07, 6.45) is 1.48. The zero-order chi connectivity index (χ0) is 18.7. The van der Waals surface area contributed by atoms with Crippen LogP contribution in [0.5, 0.6) is 0 Å². The van der Waals surface area contributed by atoms with Crippen LogP contribution in [-0.4, -0.2) is 45.3 Å². The van der Waals surface area contributed by atoms with Crippen LogP contribution in [0.4, 0.5) is 4.39 Å². The van der Waals surface area contributed by atoms with E-state index in [1.54, 1.807) is 30.8 Å². The molecule has 0 spiro atoms. The number of carbonyl (C=O) groups is 2. The van der Waals surface area contributed by atoms with Crippen LogP contribution in [0.25, 0.3) is 5.69 Å². The van der Waals surface area contributed by atoms with Crippen molar-refractivity contribution in [2.45, 2.75) is 26.7 Å². The van der Waals surface area contributed by atoms with E-state index in [2.05, 4.69) is 5.10 Å². The molecule has 2 rings (SSSR count). The van der Waals surface area contributed by atoms with Gasteiger partial charge in [-0.05, 0) is 30.2 Å². The topological polar surface area (TPSA) is 75.4 Å². The molecule has 2 aromatic rings. The minimum atomic E-state index is -0.953. The van der Waals surface area contributed by atoms with Gasteiger partial charge in [0, 0.05) is 13.6 Å². The van der Waals surface area contributed by atoms with Crippen LogP contribution >= 0.6 is 0 Å². The maximum Gasteiger partial charge on any atom is 0.308 e. The maximum atomic E-state index is 13.1. The molecule has 0 saturated carbocycles. The van der Waals surface area contributed by atoms with E-state index < -0.39 is 11.9 Å². The molecule has 0 fully saturated rings. The zero-order valence-electron chi connectivity index (χ0n) is 14.7. The summed E-state index contributed by atoms with van der Waals surface area (Å²) in [7, 11) is 1.57. The molecule has 0 saturated heterocycles. The summed E-state index contributed by atoms with van der Waals surface area (Å²) >= 11 is 0. The van der Waals surface area contributed by atoms with Crippen molar-refractivity contribution in [1.29, 1.82) is 0 Å². The average molecular weight is 347 g/mol. The molecule has 7 heteroatoms. The third-order valence-electron chi connectivity index (χ3n) is 3.97. The SMILES string of the molecule is CC(CN(C)C(=O)c1cnn(-c2ccc(F)cc2)c1C(C)C)C(=O)O. The summed E-state index contributed by atoms with van der Waals surface area (Å²) in [5, 5.41) is 13.3. The lowest BCUT2D eigenvalue weighted by Crippen LogP contribution is -2.34. The Kier molecular flexibility index (Phi) is 5.56. The number of carboxylic acids is 1. The van der Waals surface area contributed by atoms with Crippen LogP contribution < -0.4 is 0 Å². The second-order valence-corrected chi connectivity index (χ2v) is 6.41. The normalized spacial score (nSPS) is 12.2. The first-order valence-electron chi connectivity index (χ1n) is 8.04. The fourth-order valence-corrected chi connectivity index (χ4v) is 2.64. The van der Waals surface area contributed by atoms with E-state index in [1.165, 1.54) is 23.2 Å². The van der Waals surface area contributed by atoms with Crippen molar-refractivity contribution in [3.8, 4) is 5.69 Å². The highest BCUT2D eigenvalue weighted by Gasteiger charge is 2.25. The summed E-state index contributed by atoms with van der Waals surface area (Å²) in [6.45, 7) is 5.53. The number of rotatable bonds is 6. The molecule has 0 aliphatic rings. The van der Waals surface area contributed by atoms with Crippen molar-refractivity contribution in [3.05, 3.63) is 47.5 Å². The van der Waals surface area contributed by atoms with Crippen LogP contribution in [0, 0.1) is 11.7 Å². The lowest BCUT2D eigenvalue weighted by molar-refractivity contribution is -0.141. The first-order chi connectivity index (χ1) is 11.7. The predicted molar refractivity (Wildman–Crippen MR) is 91.4 cm³/mol. The van der Waals surface area contributed by atoms with Crippen molar-refractivity contribution >= 4 is 11.9 Å². The molecule has 1 N–H and O–H groups in total. The highest BCUT2D eigenvalue weighted by Crippen LogP contribution is 2.24. The highest BCUT2D eigenvalue weighted by atomic mass is 19.1. The van der Waals surface area contributed by atoms with Crippen LogP contribution in [0.3, 0.4) is 0 Å². The van der Waals surface area contributed by atoms with Gasteiger partial charge in [-0.2, -0.15) is 5.10 Å². The number of hydrogen-bond acceptors (Lipinski definition) is 3. The molecular formula is C18H22FN3O3. The minimum absolute atomic E-state index is 0.00296. The van der Waals surface area contributed by atoms with E-state index in [0.717, 1.165) is 0 Å². The molecule has 134 valence electrons. The van der Waals surface area contributed by atoms with Crippen molar-refractivity contribution in [2.75, 3.05) is 13.6 Å². The molecule has 6 nitrogen and oxygen atoms in total. The largest absolute Gasteiger partial charge is 0.481 e. The third kappa shape index (κ3) is 4.04. The fraction of sp³-hybridized carbons (Fsp3) is 0.389. The molecule has 0 bridgehead atoms. The molecule has 1 atom stereocenters. The molecule has 1 amide bonds. The molecule has 1 unspecified atom stereocenters. The van der Waals surface area contributed by atoms with Gasteiger partial charge in [-0.15, -0.1) is 0 Å². The Morgan fingerprint density at radius 1 is 1.24 bits per heavy atom. The Labute approximate surface area is 145 Å². The van der Waals surface area contributed by atoms with Gasteiger partial charge in [0.15, 0.2) is 0 Å². The monoisotopic (exact) mass is 347 g/mol. The lowest BCUT2D eigenvalue weighted by atomic mass is 10.0. The molecular weight excluding hydrogens is 325 g/mol. The van der Waals surface area contributed by atoms with Gasteiger partial charge in [0.2, 0.25) is 0 Å².